The Bertz CT molecular complexity index is 1140. The average Bonchev–Trinajstić information content (AvgIpc) is 3.31. The molecule has 7 nitrogen and oxygen atoms in total. The van der Waals surface area contributed by atoms with E-state index >= 15 is 0 Å². The number of hydrogen-bond donors (Lipinski definition) is 1. The minimum atomic E-state index is -0.660. The summed E-state index contributed by atoms with van der Waals surface area (Å²) in [7, 11) is 3.65. The third-order valence-corrected chi connectivity index (χ3v) is 5.18. The molecule has 1 unspecified atom stereocenters. The first-order valence-electron chi connectivity index (χ1n) is 10.4. The van der Waals surface area contributed by atoms with Crippen molar-refractivity contribution in [1.29, 1.82) is 0 Å². The highest BCUT2D eigenvalue weighted by atomic mass is 16.4. The number of allylic oxidation sites excluding steroid dienone is 1. The van der Waals surface area contributed by atoms with E-state index in [1.807, 2.05) is 63.5 Å². The molecule has 0 aliphatic rings. The predicted molar refractivity (Wildman–Crippen MR) is 129 cm³/mol. The summed E-state index contributed by atoms with van der Waals surface area (Å²) in [5, 5.41) is 18.6. The molecule has 0 aliphatic heterocycles. The van der Waals surface area contributed by atoms with Crippen LogP contribution in [0.15, 0.2) is 68.6 Å². The van der Waals surface area contributed by atoms with E-state index in [4.69, 9.17) is 9.41 Å². The Morgan fingerprint density at radius 1 is 1.12 bits per heavy atom. The molecular weight excluding hydrogens is 402 g/mol. The fourth-order valence-corrected chi connectivity index (χ4v) is 3.15. The average molecular weight is 432 g/mol. The van der Waals surface area contributed by atoms with E-state index in [1.165, 1.54) is 5.56 Å². The lowest BCUT2D eigenvalue weighted by atomic mass is 10.1. The second-order valence-electron chi connectivity index (χ2n) is 7.71. The first-order chi connectivity index (χ1) is 15.3. The quantitative estimate of drug-likeness (QED) is 0.411. The van der Waals surface area contributed by atoms with Gasteiger partial charge in [0.25, 0.3) is 5.89 Å². The first kappa shape index (κ1) is 23.2. The highest BCUT2D eigenvalue weighted by molar-refractivity contribution is 6.01. The number of aliphatic imine (C=N–C) groups is 2. The van der Waals surface area contributed by atoms with Crippen LogP contribution in [0.25, 0.3) is 17.2 Å². The van der Waals surface area contributed by atoms with E-state index in [0.29, 0.717) is 17.3 Å². The molecular formula is C25H29N5O2. The fraction of sp³-hybridized carbons (Fsp3) is 0.280. The lowest BCUT2D eigenvalue weighted by Crippen LogP contribution is -2.19. The van der Waals surface area contributed by atoms with Crippen LogP contribution < -0.4 is 0 Å². The fourth-order valence-electron chi connectivity index (χ4n) is 3.15. The van der Waals surface area contributed by atoms with Crippen LogP contribution in [0.3, 0.4) is 0 Å². The summed E-state index contributed by atoms with van der Waals surface area (Å²) in [5.41, 5.74) is 5.58. The largest absolute Gasteiger partial charge is 0.415 e. The maximum atomic E-state index is 10.2. The van der Waals surface area contributed by atoms with Gasteiger partial charge in [0.15, 0.2) is 0 Å². The third-order valence-electron chi connectivity index (χ3n) is 5.18. The number of aliphatic hydroxyl groups excluding tert-OH is 1. The van der Waals surface area contributed by atoms with Gasteiger partial charge in [-0.15, -0.1) is 10.2 Å². The van der Waals surface area contributed by atoms with Crippen LogP contribution in [-0.2, 0) is 6.42 Å². The van der Waals surface area contributed by atoms with Gasteiger partial charge in [-0.25, -0.2) is 4.99 Å². The first-order valence-corrected chi connectivity index (χ1v) is 10.4. The standard InChI is InChI=1S/C25H29N5O2/c1-7-18-9-8-10-21(15-18)23-28-29-24(32-23)22(17(3)26-4)27-16(2)19-11-13-20(14-12-19)25(31)30(5)6/h8-15,25,31H,4,7H2,1-3,5-6H3/b22-17-,27-16?. The van der Waals surface area contributed by atoms with Crippen molar-refractivity contribution in [2.75, 3.05) is 14.1 Å². The Morgan fingerprint density at radius 2 is 1.84 bits per heavy atom. The van der Waals surface area contributed by atoms with Crippen LogP contribution in [-0.4, -0.2) is 46.7 Å². The Balaban J connectivity index is 1.94. The van der Waals surface area contributed by atoms with Gasteiger partial charge in [0, 0.05) is 11.3 Å². The molecule has 3 rings (SSSR count). The molecule has 0 amide bonds. The van der Waals surface area contributed by atoms with E-state index in [9.17, 15) is 5.11 Å². The molecule has 2 aromatic carbocycles. The molecule has 0 spiro atoms. The summed E-state index contributed by atoms with van der Waals surface area (Å²) >= 11 is 0. The molecule has 166 valence electrons. The van der Waals surface area contributed by atoms with Crippen molar-refractivity contribution in [1.82, 2.24) is 15.1 Å². The Labute approximate surface area is 188 Å². The van der Waals surface area contributed by atoms with Crippen LogP contribution in [0.2, 0.25) is 0 Å². The van der Waals surface area contributed by atoms with Crippen molar-refractivity contribution in [3.63, 3.8) is 0 Å². The van der Waals surface area contributed by atoms with Gasteiger partial charge in [-0.1, -0.05) is 43.3 Å². The summed E-state index contributed by atoms with van der Waals surface area (Å²) in [6, 6.07) is 15.6. The Kier molecular flexibility index (Phi) is 7.45. The van der Waals surface area contributed by atoms with Gasteiger partial charge in [-0.3, -0.25) is 9.89 Å². The van der Waals surface area contributed by atoms with Gasteiger partial charge < -0.3 is 9.52 Å². The molecule has 1 heterocycles. The zero-order valence-corrected chi connectivity index (χ0v) is 19.2. The zero-order chi connectivity index (χ0) is 23.3. The van der Waals surface area contributed by atoms with Crippen LogP contribution in [0.1, 0.15) is 49.6 Å². The molecule has 0 saturated carbocycles. The van der Waals surface area contributed by atoms with Crippen LogP contribution in [0, 0.1) is 0 Å². The monoisotopic (exact) mass is 431 g/mol. The topological polar surface area (TPSA) is 87.1 Å². The smallest absolute Gasteiger partial charge is 0.268 e. The number of benzene rings is 2. The molecule has 3 aromatic rings. The van der Waals surface area contributed by atoms with Crippen molar-refractivity contribution >= 4 is 18.1 Å². The number of hydrogen-bond acceptors (Lipinski definition) is 7. The molecule has 0 aliphatic carbocycles. The maximum Gasteiger partial charge on any atom is 0.268 e. The van der Waals surface area contributed by atoms with Crippen molar-refractivity contribution in [3.05, 3.63) is 76.8 Å². The van der Waals surface area contributed by atoms with E-state index in [0.717, 1.165) is 28.8 Å². The molecule has 0 saturated heterocycles. The van der Waals surface area contributed by atoms with Crippen molar-refractivity contribution in [2.24, 2.45) is 9.98 Å². The number of aliphatic hydroxyl groups is 1. The molecule has 0 fully saturated rings. The van der Waals surface area contributed by atoms with Gasteiger partial charge in [-0.2, -0.15) is 0 Å². The molecule has 1 atom stereocenters. The lowest BCUT2D eigenvalue weighted by Gasteiger charge is -2.18. The molecule has 7 heteroatoms. The van der Waals surface area contributed by atoms with Gasteiger partial charge in [0.1, 0.15) is 11.9 Å². The molecule has 32 heavy (non-hydrogen) atoms. The Hall–Kier alpha value is -3.42. The molecule has 1 N–H and O–H groups in total. The summed E-state index contributed by atoms with van der Waals surface area (Å²) in [5.74, 6) is 0.713. The summed E-state index contributed by atoms with van der Waals surface area (Å²) in [6.07, 6.45) is 0.264. The van der Waals surface area contributed by atoms with E-state index in [2.05, 4.69) is 34.9 Å². The molecule has 0 radical (unpaired) electrons. The van der Waals surface area contributed by atoms with Crippen LogP contribution in [0.5, 0.6) is 0 Å². The second kappa shape index (κ2) is 10.3. The van der Waals surface area contributed by atoms with Crippen LogP contribution >= 0.6 is 0 Å². The van der Waals surface area contributed by atoms with E-state index in [1.54, 1.807) is 11.8 Å². The van der Waals surface area contributed by atoms with Gasteiger partial charge in [0.2, 0.25) is 5.89 Å². The number of nitrogens with zero attached hydrogens (tertiary/aromatic N) is 5. The van der Waals surface area contributed by atoms with Crippen molar-refractivity contribution in [2.45, 2.75) is 33.4 Å². The number of aryl methyl sites for hydroxylation is 1. The van der Waals surface area contributed by atoms with Crippen molar-refractivity contribution < 1.29 is 9.52 Å². The zero-order valence-electron chi connectivity index (χ0n) is 19.2. The van der Waals surface area contributed by atoms with E-state index in [-0.39, 0.29) is 5.89 Å². The summed E-state index contributed by atoms with van der Waals surface area (Å²) in [4.78, 5) is 10.5. The predicted octanol–water partition coefficient (Wildman–Crippen LogP) is 4.75. The van der Waals surface area contributed by atoms with Gasteiger partial charge in [-0.05, 0) is 69.9 Å². The summed E-state index contributed by atoms with van der Waals surface area (Å²) in [6.45, 7) is 9.42. The minimum absolute atomic E-state index is 0.283. The Morgan fingerprint density at radius 3 is 2.47 bits per heavy atom. The lowest BCUT2D eigenvalue weighted by molar-refractivity contribution is 0.0395. The SMILES string of the molecule is C=N/C(C)=C(\N=C(C)c1ccc(C(O)N(C)C)cc1)c1nnc(-c2cccc(CC)c2)o1. The minimum Gasteiger partial charge on any atom is -0.415 e. The maximum absolute atomic E-state index is 10.2. The highest BCUT2D eigenvalue weighted by Crippen LogP contribution is 2.26. The van der Waals surface area contributed by atoms with Gasteiger partial charge in [0.05, 0.1) is 5.70 Å². The molecule has 1 aromatic heterocycles. The number of rotatable bonds is 8. The van der Waals surface area contributed by atoms with Crippen molar-refractivity contribution in [3.8, 4) is 11.5 Å². The highest BCUT2D eigenvalue weighted by Gasteiger charge is 2.16. The normalized spacial score (nSPS) is 13.8. The van der Waals surface area contributed by atoms with Crippen LogP contribution in [0.4, 0.5) is 0 Å². The molecule has 0 bridgehead atoms. The van der Waals surface area contributed by atoms with E-state index < -0.39 is 6.23 Å². The summed E-state index contributed by atoms with van der Waals surface area (Å²) < 4.78 is 5.95. The number of aromatic nitrogens is 2. The second-order valence-corrected chi connectivity index (χ2v) is 7.71. The van der Waals surface area contributed by atoms with Gasteiger partial charge >= 0.3 is 0 Å². The third kappa shape index (κ3) is 5.25.